The summed E-state index contributed by atoms with van der Waals surface area (Å²) >= 11 is 0. The van der Waals surface area contributed by atoms with E-state index in [4.69, 9.17) is 5.73 Å². The fourth-order valence-corrected chi connectivity index (χ4v) is 2.43. The molecule has 3 heteroatoms. The van der Waals surface area contributed by atoms with Gasteiger partial charge in [0, 0.05) is 37.8 Å². The van der Waals surface area contributed by atoms with Crippen LogP contribution in [-0.4, -0.2) is 54.1 Å². The van der Waals surface area contributed by atoms with E-state index in [9.17, 15) is 0 Å². The zero-order valence-electron chi connectivity index (χ0n) is 11.5. The molecule has 0 amide bonds. The first-order valence-corrected chi connectivity index (χ1v) is 6.64. The van der Waals surface area contributed by atoms with Crippen molar-refractivity contribution in [2.75, 3.05) is 32.7 Å². The molecule has 0 aliphatic carbocycles. The van der Waals surface area contributed by atoms with Gasteiger partial charge in [0.15, 0.2) is 0 Å². The molecule has 2 N–H and O–H groups in total. The van der Waals surface area contributed by atoms with Crippen molar-refractivity contribution in [3.8, 4) is 0 Å². The van der Waals surface area contributed by atoms with Crippen LogP contribution in [0.15, 0.2) is 0 Å². The van der Waals surface area contributed by atoms with Crippen molar-refractivity contribution in [2.45, 2.75) is 52.1 Å². The van der Waals surface area contributed by atoms with E-state index in [1.807, 2.05) is 0 Å². The van der Waals surface area contributed by atoms with Gasteiger partial charge in [-0.15, -0.1) is 0 Å². The standard InChI is InChI=1S/C13H29N3/c1-12(6-5-7-14)15-8-10-16(11-9-15)13(2,3)4/h12H,5-11,14H2,1-4H3. The molecule has 0 aromatic rings. The van der Waals surface area contributed by atoms with E-state index >= 15 is 0 Å². The second kappa shape index (κ2) is 5.99. The number of nitrogens with two attached hydrogens (primary N) is 1. The third-order valence-electron chi connectivity index (χ3n) is 3.71. The van der Waals surface area contributed by atoms with Crippen LogP contribution in [0.25, 0.3) is 0 Å². The lowest BCUT2D eigenvalue weighted by molar-refractivity contribution is 0.0436. The monoisotopic (exact) mass is 227 g/mol. The molecular weight excluding hydrogens is 198 g/mol. The fraction of sp³-hybridized carbons (Fsp3) is 1.00. The summed E-state index contributed by atoms with van der Waals surface area (Å²) in [5, 5.41) is 0. The molecule has 0 aromatic carbocycles. The summed E-state index contributed by atoms with van der Waals surface area (Å²) in [4.78, 5) is 5.19. The summed E-state index contributed by atoms with van der Waals surface area (Å²) in [7, 11) is 0. The molecule has 16 heavy (non-hydrogen) atoms. The van der Waals surface area contributed by atoms with Gasteiger partial charge in [-0.25, -0.2) is 0 Å². The Bertz CT molecular complexity index is 190. The highest BCUT2D eigenvalue weighted by Gasteiger charge is 2.27. The van der Waals surface area contributed by atoms with Gasteiger partial charge in [-0.05, 0) is 47.1 Å². The number of hydrogen-bond donors (Lipinski definition) is 1. The minimum absolute atomic E-state index is 0.326. The van der Waals surface area contributed by atoms with Crippen molar-refractivity contribution in [2.24, 2.45) is 5.73 Å². The molecule has 0 radical (unpaired) electrons. The second-order valence-corrected chi connectivity index (χ2v) is 5.97. The highest BCUT2D eigenvalue weighted by Crippen LogP contribution is 2.17. The molecule has 1 unspecified atom stereocenters. The summed E-state index contributed by atoms with van der Waals surface area (Å²) in [6.45, 7) is 14.9. The minimum Gasteiger partial charge on any atom is -0.330 e. The highest BCUT2D eigenvalue weighted by atomic mass is 15.3. The number of rotatable bonds is 4. The van der Waals surface area contributed by atoms with Crippen LogP contribution >= 0.6 is 0 Å². The van der Waals surface area contributed by atoms with E-state index < -0.39 is 0 Å². The Morgan fingerprint density at radius 2 is 1.69 bits per heavy atom. The van der Waals surface area contributed by atoms with E-state index in [1.165, 1.54) is 32.6 Å². The van der Waals surface area contributed by atoms with Gasteiger partial charge in [0.1, 0.15) is 0 Å². The molecule has 1 rings (SSSR count). The van der Waals surface area contributed by atoms with Crippen molar-refractivity contribution in [3.05, 3.63) is 0 Å². The molecule has 1 saturated heterocycles. The maximum absolute atomic E-state index is 5.56. The Kier molecular flexibility index (Phi) is 5.22. The summed E-state index contributed by atoms with van der Waals surface area (Å²) in [6.07, 6.45) is 2.40. The van der Waals surface area contributed by atoms with Crippen LogP contribution in [0, 0.1) is 0 Å². The molecule has 1 aliphatic heterocycles. The van der Waals surface area contributed by atoms with E-state index in [0.717, 1.165) is 13.0 Å². The van der Waals surface area contributed by atoms with Crippen LogP contribution in [0.4, 0.5) is 0 Å². The largest absolute Gasteiger partial charge is 0.330 e. The first-order valence-electron chi connectivity index (χ1n) is 6.64. The van der Waals surface area contributed by atoms with Crippen molar-refractivity contribution in [1.82, 2.24) is 9.80 Å². The van der Waals surface area contributed by atoms with Crippen LogP contribution in [-0.2, 0) is 0 Å². The lowest BCUT2D eigenvalue weighted by Crippen LogP contribution is -2.55. The summed E-state index contributed by atoms with van der Waals surface area (Å²) in [5.74, 6) is 0. The third kappa shape index (κ3) is 4.04. The lowest BCUT2D eigenvalue weighted by atomic mass is 10.0. The maximum Gasteiger partial charge on any atom is 0.0126 e. The average molecular weight is 227 g/mol. The fourth-order valence-electron chi connectivity index (χ4n) is 2.43. The topological polar surface area (TPSA) is 32.5 Å². The quantitative estimate of drug-likeness (QED) is 0.790. The van der Waals surface area contributed by atoms with Gasteiger partial charge in [-0.2, -0.15) is 0 Å². The summed E-state index contributed by atoms with van der Waals surface area (Å²) in [5.41, 5.74) is 5.88. The van der Waals surface area contributed by atoms with Gasteiger partial charge in [-0.3, -0.25) is 9.80 Å². The first kappa shape index (κ1) is 13.9. The van der Waals surface area contributed by atoms with E-state index in [-0.39, 0.29) is 0 Å². The van der Waals surface area contributed by atoms with Crippen molar-refractivity contribution in [1.29, 1.82) is 0 Å². The predicted molar refractivity (Wildman–Crippen MR) is 70.6 cm³/mol. The van der Waals surface area contributed by atoms with E-state index in [2.05, 4.69) is 37.5 Å². The Morgan fingerprint density at radius 1 is 1.12 bits per heavy atom. The van der Waals surface area contributed by atoms with Crippen molar-refractivity contribution >= 4 is 0 Å². The predicted octanol–water partition coefficient (Wildman–Crippen LogP) is 1.53. The van der Waals surface area contributed by atoms with Crippen molar-refractivity contribution in [3.63, 3.8) is 0 Å². The molecule has 0 spiro atoms. The zero-order chi connectivity index (χ0) is 12.2. The van der Waals surface area contributed by atoms with Crippen LogP contribution < -0.4 is 5.73 Å². The van der Waals surface area contributed by atoms with Crippen LogP contribution in [0.1, 0.15) is 40.5 Å². The van der Waals surface area contributed by atoms with Gasteiger partial charge in [0.2, 0.25) is 0 Å². The van der Waals surface area contributed by atoms with E-state index in [0.29, 0.717) is 11.6 Å². The van der Waals surface area contributed by atoms with Crippen molar-refractivity contribution < 1.29 is 0 Å². The lowest BCUT2D eigenvalue weighted by Gasteiger charge is -2.44. The van der Waals surface area contributed by atoms with Gasteiger partial charge in [0.05, 0.1) is 0 Å². The van der Waals surface area contributed by atoms with Crippen LogP contribution in [0.2, 0.25) is 0 Å². The Morgan fingerprint density at radius 3 is 2.12 bits per heavy atom. The molecule has 1 fully saturated rings. The molecule has 1 aliphatic rings. The SMILES string of the molecule is CC(CCCN)N1CCN(C(C)(C)C)CC1. The third-order valence-corrected chi connectivity index (χ3v) is 3.71. The van der Waals surface area contributed by atoms with Gasteiger partial charge in [-0.1, -0.05) is 0 Å². The minimum atomic E-state index is 0.326. The highest BCUT2D eigenvalue weighted by molar-refractivity contribution is 4.83. The Labute approximate surface area is 101 Å². The number of nitrogens with zero attached hydrogens (tertiary/aromatic N) is 2. The maximum atomic E-state index is 5.56. The summed E-state index contributed by atoms with van der Waals surface area (Å²) in [6, 6.07) is 0.700. The normalized spacial score (nSPS) is 22.3. The van der Waals surface area contributed by atoms with Gasteiger partial charge in [0.25, 0.3) is 0 Å². The molecule has 96 valence electrons. The Balaban J connectivity index is 2.31. The van der Waals surface area contributed by atoms with E-state index in [1.54, 1.807) is 0 Å². The number of piperazine rings is 1. The molecular formula is C13H29N3. The molecule has 1 atom stereocenters. The zero-order valence-corrected chi connectivity index (χ0v) is 11.5. The van der Waals surface area contributed by atoms with Gasteiger partial charge < -0.3 is 5.73 Å². The molecule has 0 bridgehead atoms. The summed E-state index contributed by atoms with van der Waals surface area (Å²) < 4.78 is 0. The Hall–Kier alpha value is -0.120. The molecule has 0 aromatic heterocycles. The molecule has 0 saturated carbocycles. The average Bonchev–Trinajstić information content (AvgIpc) is 2.25. The number of hydrogen-bond acceptors (Lipinski definition) is 3. The first-order chi connectivity index (χ1) is 7.45. The van der Waals surface area contributed by atoms with Gasteiger partial charge >= 0.3 is 0 Å². The van der Waals surface area contributed by atoms with Crippen LogP contribution in [0.3, 0.4) is 0 Å². The second-order valence-electron chi connectivity index (χ2n) is 5.97. The van der Waals surface area contributed by atoms with Crippen LogP contribution in [0.5, 0.6) is 0 Å². The molecule has 1 heterocycles. The molecule has 3 nitrogen and oxygen atoms in total. The smallest absolute Gasteiger partial charge is 0.0126 e.